The third-order valence-corrected chi connectivity index (χ3v) is 5.01. The maximum Gasteiger partial charge on any atom is 0.221 e. The van der Waals surface area contributed by atoms with E-state index in [9.17, 15) is 9.70 Å². The zero-order chi connectivity index (χ0) is 21.4. The van der Waals surface area contributed by atoms with Gasteiger partial charge in [0.1, 0.15) is 12.8 Å². The number of aldehydes is 1. The summed E-state index contributed by atoms with van der Waals surface area (Å²) in [5.41, 5.74) is 10.4. The number of nitrogens with one attached hydrogen (secondary N) is 1. The molecule has 2 unspecified atom stereocenters. The largest absolute Gasteiger partial charge is 0.378 e. The molecule has 0 spiro atoms. The molecular weight excluding hydrogens is 368 g/mol. The van der Waals surface area contributed by atoms with Gasteiger partial charge in [0.2, 0.25) is 5.91 Å². The van der Waals surface area contributed by atoms with Gasteiger partial charge in [-0.1, -0.05) is 23.4 Å². The molecular formula is C22H28N4O3. The van der Waals surface area contributed by atoms with Crippen molar-refractivity contribution in [2.24, 2.45) is 10.9 Å². The second-order valence-electron chi connectivity index (χ2n) is 7.15. The maximum absolute atomic E-state index is 11.0. The van der Waals surface area contributed by atoms with Crippen molar-refractivity contribution < 1.29 is 9.59 Å². The molecule has 1 aliphatic heterocycles. The van der Waals surface area contributed by atoms with Gasteiger partial charge in [-0.2, -0.15) is 4.91 Å². The summed E-state index contributed by atoms with van der Waals surface area (Å²) >= 11 is 0. The molecule has 0 saturated carbocycles. The number of nitroso groups, excluding NO2 is 1. The molecule has 0 fully saturated rings. The average molecular weight is 396 g/mol. The Morgan fingerprint density at radius 1 is 1.24 bits per heavy atom. The summed E-state index contributed by atoms with van der Waals surface area (Å²) in [6.07, 6.45) is 1.95. The van der Waals surface area contributed by atoms with E-state index in [2.05, 4.69) is 41.5 Å². The molecule has 29 heavy (non-hydrogen) atoms. The van der Waals surface area contributed by atoms with E-state index in [1.54, 1.807) is 0 Å². The van der Waals surface area contributed by atoms with E-state index >= 15 is 0 Å². The molecule has 7 nitrogen and oxygen atoms in total. The van der Waals surface area contributed by atoms with Gasteiger partial charge in [-0.15, -0.1) is 0 Å². The minimum atomic E-state index is -0.333. The summed E-state index contributed by atoms with van der Waals surface area (Å²) < 4.78 is 0. The van der Waals surface area contributed by atoms with E-state index in [0.717, 1.165) is 29.5 Å². The Bertz CT molecular complexity index is 852. The lowest BCUT2D eigenvalue weighted by Crippen LogP contribution is -2.37. The first-order valence-electron chi connectivity index (χ1n) is 9.57. The van der Waals surface area contributed by atoms with E-state index in [0.29, 0.717) is 6.04 Å². The summed E-state index contributed by atoms with van der Waals surface area (Å²) in [5, 5.41) is 6.60. The van der Waals surface area contributed by atoms with Gasteiger partial charge in [0.05, 0.1) is 12.5 Å². The van der Waals surface area contributed by atoms with Crippen LogP contribution in [-0.2, 0) is 22.6 Å². The molecule has 1 aliphatic rings. The van der Waals surface area contributed by atoms with Gasteiger partial charge in [-0.3, -0.25) is 4.79 Å². The number of carbonyl (C=O) groups excluding carboxylic acids is 2. The highest BCUT2D eigenvalue weighted by Crippen LogP contribution is 2.38. The van der Waals surface area contributed by atoms with Gasteiger partial charge < -0.3 is 20.7 Å². The first kappa shape index (κ1) is 22.1. The van der Waals surface area contributed by atoms with Crippen molar-refractivity contribution in [2.75, 3.05) is 17.3 Å². The topological polar surface area (TPSA) is 105 Å². The van der Waals surface area contributed by atoms with E-state index in [1.807, 2.05) is 30.3 Å². The van der Waals surface area contributed by atoms with Gasteiger partial charge in [0.15, 0.2) is 0 Å². The second-order valence-corrected chi connectivity index (χ2v) is 7.15. The zero-order valence-electron chi connectivity index (χ0n) is 17.1. The standard InChI is InChI=1S/C20H24N4O2.C2H4O/c1-13-9-18(23-16-6-3-14(4-7-16)11-20(21)25)17-10-15(12-22-26)5-8-19(17)24(13)2;1-2-3/h3-8,10,13,18,23H,9,11-12H2,1-2H3,(H2,21,25);2H,1H3. The number of rotatable bonds is 6. The number of hydrogen-bond donors (Lipinski definition) is 2. The first-order chi connectivity index (χ1) is 13.9. The van der Waals surface area contributed by atoms with Crippen molar-refractivity contribution in [3.8, 4) is 0 Å². The van der Waals surface area contributed by atoms with Crippen LogP contribution in [-0.4, -0.2) is 25.3 Å². The summed E-state index contributed by atoms with van der Waals surface area (Å²) in [6, 6.07) is 14.4. The van der Waals surface area contributed by atoms with E-state index in [1.165, 1.54) is 18.2 Å². The fraction of sp³-hybridized carbons (Fsp3) is 0.364. The van der Waals surface area contributed by atoms with Crippen LogP contribution in [0.4, 0.5) is 11.4 Å². The number of nitrogens with two attached hydrogens (primary N) is 1. The lowest BCUT2D eigenvalue weighted by atomic mass is 9.90. The Kier molecular flexibility index (Phi) is 7.88. The van der Waals surface area contributed by atoms with Crippen molar-refractivity contribution in [2.45, 2.75) is 45.3 Å². The Balaban J connectivity index is 0.000000941. The van der Waals surface area contributed by atoms with Crippen LogP contribution in [0.25, 0.3) is 0 Å². The van der Waals surface area contributed by atoms with Gasteiger partial charge >= 0.3 is 0 Å². The molecule has 2 atom stereocenters. The molecule has 1 heterocycles. The summed E-state index contributed by atoms with van der Waals surface area (Å²) in [4.78, 5) is 32.7. The molecule has 2 aromatic carbocycles. The fourth-order valence-electron chi connectivity index (χ4n) is 3.50. The first-order valence-corrected chi connectivity index (χ1v) is 9.57. The minimum absolute atomic E-state index is 0.143. The van der Waals surface area contributed by atoms with Crippen LogP contribution >= 0.6 is 0 Å². The number of carbonyl (C=O) groups is 2. The number of primary amides is 1. The lowest BCUT2D eigenvalue weighted by molar-refractivity contribution is -0.117. The van der Waals surface area contributed by atoms with Crippen molar-refractivity contribution in [1.82, 2.24) is 0 Å². The molecule has 0 radical (unpaired) electrons. The molecule has 0 bridgehead atoms. The van der Waals surface area contributed by atoms with E-state index in [-0.39, 0.29) is 24.9 Å². The molecule has 7 heteroatoms. The van der Waals surface area contributed by atoms with Crippen molar-refractivity contribution >= 4 is 23.6 Å². The Morgan fingerprint density at radius 2 is 1.86 bits per heavy atom. The second kappa shape index (κ2) is 10.4. The Morgan fingerprint density at radius 3 is 2.45 bits per heavy atom. The molecule has 0 aliphatic carbocycles. The monoisotopic (exact) mass is 396 g/mol. The molecule has 3 N–H and O–H groups in total. The number of hydrogen-bond acceptors (Lipinski definition) is 6. The van der Waals surface area contributed by atoms with E-state index < -0.39 is 0 Å². The summed E-state index contributed by atoms with van der Waals surface area (Å²) in [7, 11) is 2.09. The van der Waals surface area contributed by atoms with Gasteiger partial charge in [-0.25, -0.2) is 0 Å². The number of fused-ring (bicyclic) bond motifs is 1. The summed E-state index contributed by atoms with van der Waals surface area (Å²) in [5.74, 6) is -0.333. The SMILES string of the molecule is CC1CC(Nc2ccc(CC(N)=O)cc2)c2cc(CN=O)ccc2N1C.CC=O. The van der Waals surface area contributed by atoms with Crippen LogP contribution in [0.3, 0.4) is 0 Å². The smallest absolute Gasteiger partial charge is 0.221 e. The molecule has 0 aromatic heterocycles. The molecule has 1 amide bonds. The average Bonchev–Trinajstić information content (AvgIpc) is 2.68. The molecule has 154 valence electrons. The zero-order valence-corrected chi connectivity index (χ0v) is 17.1. The Hall–Kier alpha value is -3.22. The van der Waals surface area contributed by atoms with Crippen LogP contribution in [0.1, 0.15) is 43.0 Å². The maximum atomic E-state index is 11.0. The lowest BCUT2D eigenvalue weighted by Gasteiger charge is -2.39. The normalized spacial score (nSPS) is 17.4. The highest BCUT2D eigenvalue weighted by atomic mass is 16.3. The predicted molar refractivity (Wildman–Crippen MR) is 116 cm³/mol. The van der Waals surface area contributed by atoms with Gasteiger partial charge in [-0.05, 0) is 61.2 Å². The van der Waals surface area contributed by atoms with Crippen LogP contribution < -0.4 is 16.0 Å². The summed E-state index contributed by atoms with van der Waals surface area (Å²) in [6.45, 7) is 3.83. The minimum Gasteiger partial charge on any atom is -0.378 e. The van der Waals surface area contributed by atoms with Crippen molar-refractivity contribution in [3.05, 3.63) is 64.1 Å². The third-order valence-electron chi connectivity index (χ3n) is 5.01. The van der Waals surface area contributed by atoms with Crippen LogP contribution in [0.2, 0.25) is 0 Å². The Labute approximate surface area is 171 Å². The molecule has 0 saturated heterocycles. The molecule has 3 rings (SSSR count). The number of anilines is 2. The number of amides is 1. The number of benzene rings is 2. The van der Waals surface area contributed by atoms with Crippen molar-refractivity contribution in [1.29, 1.82) is 0 Å². The molecule has 2 aromatic rings. The van der Waals surface area contributed by atoms with Crippen LogP contribution in [0, 0.1) is 4.91 Å². The highest BCUT2D eigenvalue weighted by molar-refractivity contribution is 5.76. The quantitative estimate of drug-likeness (QED) is 0.574. The van der Waals surface area contributed by atoms with Crippen LogP contribution in [0.5, 0.6) is 0 Å². The highest BCUT2D eigenvalue weighted by Gasteiger charge is 2.28. The van der Waals surface area contributed by atoms with Crippen molar-refractivity contribution in [3.63, 3.8) is 0 Å². The van der Waals surface area contributed by atoms with Gasteiger partial charge in [0, 0.05) is 24.5 Å². The van der Waals surface area contributed by atoms with E-state index in [4.69, 9.17) is 10.5 Å². The van der Waals surface area contributed by atoms with Gasteiger partial charge in [0.25, 0.3) is 0 Å². The fourth-order valence-corrected chi connectivity index (χ4v) is 3.50. The third kappa shape index (κ3) is 5.88. The number of nitrogens with zero attached hydrogens (tertiary/aromatic N) is 2. The predicted octanol–water partition coefficient (Wildman–Crippen LogP) is 3.57. The van der Waals surface area contributed by atoms with Crippen LogP contribution in [0.15, 0.2) is 47.6 Å².